The highest BCUT2D eigenvalue weighted by Crippen LogP contribution is 2.36. The predicted molar refractivity (Wildman–Crippen MR) is 58.5 cm³/mol. The minimum absolute atomic E-state index is 0.445. The van der Waals surface area contributed by atoms with E-state index >= 15 is 0 Å². The van der Waals surface area contributed by atoms with Crippen molar-refractivity contribution in [3.05, 3.63) is 0 Å². The summed E-state index contributed by atoms with van der Waals surface area (Å²) in [7, 11) is 6.54. The van der Waals surface area contributed by atoms with Gasteiger partial charge in [0.15, 0.2) is 0 Å². The second-order valence-electron chi connectivity index (χ2n) is 4.40. The molecule has 0 aromatic heterocycles. The molecule has 3 heteroatoms. The smallest absolute Gasteiger partial charge is 0.0351 e. The molecule has 0 aromatic rings. The summed E-state index contributed by atoms with van der Waals surface area (Å²) in [6, 6.07) is 0. The maximum atomic E-state index is 5.71. The van der Waals surface area contributed by atoms with Crippen molar-refractivity contribution in [2.24, 2.45) is 0 Å². The largest absolute Gasteiger partial charge is 0.303 e. The molecule has 0 spiro atoms. The van der Waals surface area contributed by atoms with Crippen LogP contribution in [0.4, 0.5) is 0 Å². The molecule has 0 saturated heterocycles. The molecule has 0 N–H and O–H groups in total. The standard InChI is InChI=1S/C10H21ClN2/c1-12(2)10(5-4-6-10)9-13(3)8-7-11/h4-9H2,1-3H3. The molecule has 1 saturated carbocycles. The van der Waals surface area contributed by atoms with Crippen LogP contribution in [-0.4, -0.2) is 55.5 Å². The van der Waals surface area contributed by atoms with Crippen molar-refractivity contribution in [1.82, 2.24) is 9.80 Å². The van der Waals surface area contributed by atoms with Crippen molar-refractivity contribution in [2.45, 2.75) is 24.8 Å². The van der Waals surface area contributed by atoms with E-state index in [1.54, 1.807) is 0 Å². The van der Waals surface area contributed by atoms with E-state index in [4.69, 9.17) is 11.6 Å². The van der Waals surface area contributed by atoms with Gasteiger partial charge in [0, 0.05) is 24.5 Å². The second-order valence-corrected chi connectivity index (χ2v) is 4.78. The molecule has 0 atom stereocenters. The minimum atomic E-state index is 0.445. The van der Waals surface area contributed by atoms with E-state index in [0.717, 1.165) is 19.0 Å². The molecule has 1 aliphatic carbocycles. The maximum absolute atomic E-state index is 5.71. The summed E-state index contributed by atoms with van der Waals surface area (Å²) in [6.45, 7) is 2.16. The minimum Gasteiger partial charge on any atom is -0.303 e. The van der Waals surface area contributed by atoms with Gasteiger partial charge in [0.1, 0.15) is 0 Å². The predicted octanol–water partition coefficient (Wildman–Crippen LogP) is 1.64. The Morgan fingerprint density at radius 2 is 1.85 bits per heavy atom. The van der Waals surface area contributed by atoms with Crippen molar-refractivity contribution < 1.29 is 0 Å². The van der Waals surface area contributed by atoms with Crippen molar-refractivity contribution >= 4 is 11.6 Å². The lowest BCUT2D eigenvalue weighted by molar-refractivity contribution is 0.0294. The van der Waals surface area contributed by atoms with E-state index in [1.807, 2.05) is 0 Å². The SMILES string of the molecule is CN(CCCl)CC1(N(C)C)CCC1. The van der Waals surface area contributed by atoms with Gasteiger partial charge in [0.05, 0.1) is 0 Å². The molecule has 0 aromatic carbocycles. The fourth-order valence-electron chi connectivity index (χ4n) is 2.06. The molecule has 0 heterocycles. The first-order valence-electron chi connectivity index (χ1n) is 5.03. The van der Waals surface area contributed by atoms with Gasteiger partial charge in [-0.3, -0.25) is 0 Å². The van der Waals surface area contributed by atoms with E-state index in [1.165, 1.54) is 19.3 Å². The molecular formula is C10H21ClN2. The van der Waals surface area contributed by atoms with Gasteiger partial charge < -0.3 is 9.80 Å². The van der Waals surface area contributed by atoms with Crippen LogP contribution in [-0.2, 0) is 0 Å². The van der Waals surface area contributed by atoms with E-state index in [9.17, 15) is 0 Å². The fourth-order valence-corrected chi connectivity index (χ4v) is 2.35. The van der Waals surface area contributed by atoms with Crippen LogP contribution in [0.5, 0.6) is 0 Å². The molecule has 13 heavy (non-hydrogen) atoms. The zero-order chi connectivity index (χ0) is 9.90. The van der Waals surface area contributed by atoms with Crippen LogP contribution in [0.25, 0.3) is 0 Å². The topological polar surface area (TPSA) is 6.48 Å². The van der Waals surface area contributed by atoms with Crippen molar-refractivity contribution in [3.63, 3.8) is 0 Å². The molecule has 2 nitrogen and oxygen atoms in total. The lowest BCUT2D eigenvalue weighted by Crippen LogP contribution is -2.56. The third-order valence-corrected chi connectivity index (χ3v) is 3.43. The Kier molecular flexibility index (Phi) is 4.02. The molecule has 1 fully saturated rings. The summed E-state index contributed by atoms with van der Waals surface area (Å²) in [4.78, 5) is 4.72. The van der Waals surface area contributed by atoms with Crippen LogP contribution >= 0.6 is 11.6 Å². The van der Waals surface area contributed by atoms with E-state index in [0.29, 0.717) is 5.54 Å². The molecule has 0 unspecified atom stereocenters. The average molecular weight is 205 g/mol. The van der Waals surface area contributed by atoms with Gasteiger partial charge in [0.25, 0.3) is 0 Å². The van der Waals surface area contributed by atoms with E-state index in [-0.39, 0.29) is 0 Å². The average Bonchev–Trinajstić information content (AvgIpc) is 1.96. The number of likely N-dealkylation sites (N-methyl/N-ethyl adjacent to an activating group) is 2. The molecule has 0 aliphatic heterocycles. The second kappa shape index (κ2) is 4.63. The van der Waals surface area contributed by atoms with Gasteiger partial charge in [-0.1, -0.05) is 0 Å². The summed E-state index contributed by atoms with van der Waals surface area (Å²) in [5, 5.41) is 0. The lowest BCUT2D eigenvalue weighted by Gasteiger charge is -2.49. The third kappa shape index (κ3) is 2.58. The van der Waals surface area contributed by atoms with Gasteiger partial charge in [-0.05, 0) is 40.4 Å². The Morgan fingerprint density at radius 1 is 1.23 bits per heavy atom. The molecule has 0 bridgehead atoms. The van der Waals surface area contributed by atoms with Crippen LogP contribution in [0.2, 0.25) is 0 Å². The number of alkyl halides is 1. The monoisotopic (exact) mass is 204 g/mol. The van der Waals surface area contributed by atoms with Crippen LogP contribution in [0.3, 0.4) is 0 Å². The first-order valence-corrected chi connectivity index (χ1v) is 5.56. The summed E-state index contributed by atoms with van der Waals surface area (Å²) in [5.74, 6) is 0.736. The highest BCUT2D eigenvalue weighted by molar-refractivity contribution is 6.18. The first kappa shape index (κ1) is 11.3. The summed E-state index contributed by atoms with van der Waals surface area (Å²) in [6.07, 6.45) is 4.06. The Hall–Kier alpha value is 0.210. The molecule has 0 radical (unpaired) electrons. The van der Waals surface area contributed by atoms with E-state index in [2.05, 4.69) is 30.9 Å². The van der Waals surface area contributed by atoms with Gasteiger partial charge >= 0.3 is 0 Å². The highest BCUT2D eigenvalue weighted by Gasteiger charge is 2.39. The molecule has 1 rings (SSSR count). The van der Waals surface area contributed by atoms with Crippen LogP contribution in [0.15, 0.2) is 0 Å². The summed E-state index contributed by atoms with van der Waals surface area (Å²) >= 11 is 5.71. The quantitative estimate of drug-likeness (QED) is 0.629. The van der Waals surface area contributed by atoms with Gasteiger partial charge in [0.2, 0.25) is 0 Å². The van der Waals surface area contributed by atoms with Crippen molar-refractivity contribution in [3.8, 4) is 0 Å². The Labute approximate surface area is 86.8 Å². The van der Waals surface area contributed by atoms with Crippen LogP contribution < -0.4 is 0 Å². The Bertz CT molecular complexity index is 155. The maximum Gasteiger partial charge on any atom is 0.0351 e. The fraction of sp³-hybridized carbons (Fsp3) is 1.00. The van der Waals surface area contributed by atoms with Gasteiger partial charge in [-0.15, -0.1) is 11.6 Å². The molecule has 0 amide bonds. The number of hydrogen-bond acceptors (Lipinski definition) is 2. The number of hydrogen-bond donors (Lipinski definition) is 0. The first-order chi connectivity index (χ1) is 6.10. The zero-order valence-corrected chi connectivity index (χ0v) is 9.77. The lowest BCUT2D eigenvalue weighted by atomic mass is 9.75. The van der Waals surface area contributed by atoms with Crippen LogP contribution in [0.1, 0.15) is 19.3 Å². The van der Waals surface area contributed by atoms with Gasteiger partial charge in [-0.2, -0.15) is 0 Å². The van der Waals surface area contributed by atoms with E-state index < -0.39 is 0 Å². The third-order valence-electron chi connectivity index (χ3n) is 3.26. The Morgan fingerprint density at radius 3 is 2.15 bits per heavy atom. The summed E-state index contributed by atoms with van der Waals surface area (Å²) < 4.78 is 0. The molecular weight excluding hydrogens is 184 g/mol. The molecule has 78 valence electrons. The Balaban J connectivity index is 2.39. The number of rotatable bonds is 5. The number of halogens is 1. The van der Waals surface area contributed by atoms with Crippen molar-refractivity contribution in [2.75, 3.05) is 40.1 Å². The normalized spacial score (nSPS) is 20.8. The van der Waals surface area contributed by atoms with Crippen LogP contribution in [0, 0.1) is 0 Å². The molecule has 1 aliphatic rings. The van der Waals surface area contributed by atoms with Crippen molar-refractivity contribution in [1.29, 1.82) is 0 Å². The number of nitrogens with zero attached hydrogens (tertiary/aromatic N) is 2. The zero-order valence-electron chi connectivity index (χ0n) is 9.02. The summed E-state index contributed by atoms with van der Waals surface area (Å²) in [5.41, 5.74) is 0.445. The highest BCUT2D eigenvalue weighted by atomic mass is 35.5. The van der Waals surface area contributed by atoms with Gasteiger partial charge in [-0.25, -0.2) is 0 Å².